The molecule has 0 aliphatic heterocycles. The average molecular weight is 250 g/mol. The van der Waals surface area contributed by atoms with Crippen LogP contribution in [0.2, 0.25) is 0 Å². The van der Waals surface area contributed by atoms with Crippen LogP contribution in [0.15, 0.2) is 23.1 Å². The summed E-state index contributed by atoms with van der Waals surface area (Å²) in [5.74, 6) is 0. The number of hydrogen-bond acceptors (Lipinski definition) is 3. The molecule has 0 spiro atoms. The minimum Gasteiger partial charge on any atom is -0.371 e. The second-order valence-corrected chi connectivity index (χ2v) is 5.56. The SMILES string of the molecule is CSc1cccc(N(C)C2CCCC2)c1CN. The van der Waals surface area contributed by atoms with Gasteiger partial charge in [-0.15, -0.1) is 11.8 Å². The number of rotatable bonds is 4. The molecule has 1 fully saturated rings. The van der Waals surface area contributed by atoms with Gasteiger partial charge in [-0.1, -0.05) is 18.9 Å². The Kier molecular flexibility index (Phi) is 4.35. The molecule has 0 heterocycles. The third kappa shape index (κ3) is 2.61. The topological polar surface area (TPSA) is 29.3 Å². The van der Waals surface area contributed by atoms with Crippen molar-refractivity contribution < 1.29 is 0 Å². The lowest BCUT2D eigenvalue weighted by Gasteiger charge is -2.29. The zero-order valence-corrected chi connectivity index (χ0v) is 11.6. The standard InChI is InChI=1S/C14H22N2S/c1-16(11-6-3-4-7-11)13-8-5-9-14(17-2)12(13)10-15/h5,8-9,11H,3-4,6-7,10,15H2,1-2H3. The van der Waals surface area contributed by atoms with Gasteiger partial charge in [0.1, 0.15) is 0 Å². The number of nitrogens with zero attached hydrogens (tertiary/aromatic N) is 1. The van der Waals surface area contributed by atoms with Crippen LogP contribution in [-0.4, -0.2) is 19.3 Å². The Morgan fingerprint density at radius 1 is 1.35 bits per heavy atom. The maximum absolute atomic E-state index is 5.92. The molecular formula is C14H22N2S. The molecule has 1 aliphatic rings. The minimum atomic E-state index is 0.628. The second-order valence-electron chi connectivity index (χ2n) is 4.71. The summed E-state index contributed by atoms with van der Waals surface area (Å²) >= 11 is 1.79. The molecule has 0 bridgehead atoms. The van der Waals surface area contributed by atoms with Crippen molar-refractivity contribution in [2.24, 2.45) is 5.73 Å². The largest absolute Gasteiger partial charge is 0.371 e. The molecule has 1 aliphatic carbocycles. The summed E-state index contributed by atoms with van der Waals surface area (Å²) in [6.45, 7) is 0.628. The van der Waals surface area contributed by atoms with Gasteiger partial charge in [0.2, 0.25) is 0 Å². The lowest BCUT2D eigenvalue weighted by atomic mass is 10.1. The van der Waals surface area contributed by atoms with Gasteiger partial charge in [-0.25, -0.2) is 0 Å². The summed E-state index contributed by atoms with van der Waals surface area (Å²) in [5, 5.41) is 0. The van der Waals surface area contributed by atoms with Crippen LogP contribution in [0.25, 0.3) is 0 Å². The molecule has 2 rings (SSSR count). The van der Waals surface area contributed by atoms with E-state index in [1.807, 2.05) is 0 Å². The highest BCUT2D eigenvalue weighted by Gasteiger charge is 2.21. The Hall–Kier alpha value is -0.670. The molecule has 3 heteroatoms. The summed E-state index contributed by atoms with van der Waals surface area (Å²) in [5.41, 5.74) is 8.55. The molecule has 2 nitrogen and oxygen atoms in total. The lowest BCUT2D eigenvalue weighted by Crippen LogP contribution is -2.30. The van der Waals surface area contributed by atoms with Crippen LogP contribution in [0.5, 0.6) is 0 Å². The fourth-order valence-electron chi connectivity index (χ4n) is 2.77. The average Bonchev–Trinajstić information content (AvgIpc) is 2.90. The Balaban J connectivity index is 2.29. The van der Waals surface area contributed by atoms with Crippen molar-refractivity contribution in [1.29, 1.82) is 0 Å². The van der Waals surface area contributed by atoms with Gasteiger partial charge in [0.25, 0.3) is 0 Å². The molecule has 0 radical (unpaired) electrons. The second kappa shape index (κ2) is 5.78. The molecule has 94 valence electrons. The monoisotopic (exact) mass is 250 g/mol. The first-order valence-electron chi connectivity index (χ1n) is 6.36. The Morgan fingerprint density at radius 2 is 2.06 bits per heavy atom. The van der Waals surface area contributed by atoms with Crippen molar-refractivity contribution in [3.05, 3.63) is 23.8 Å². The summed E-state index contributed by atoms with van der Waals surface area (Å²) in [6.07, 6.45) is 7.51. The van der Waals surface area contributed by atoms with Crippen molar-refractivity contribution in [3.63, 3.8) is 0 Å². The van der Waals surface area contributed by atoms with Crippen LogP contribution in [0.4, 0.5) is 5.69 Å². The maximum Gasteiger partial charge on any atom is 0.0422 e. The van der Waals surface area contributed by atoms with Gasteiger partial charge in [-0.2, -0.15) is 0 Å². The van der Waals surface area contributed by atoms with E-state index < -0.39 is 0 Å². The Labute approximate surface area is 109 Å². The van der Waals surface area contributed by atoms with E-state index in [9.17, 15) is 0 Å². The van der Waals surface area contributed by atoms with Crippen LogP contribution in [-0.2, 0) is 6.54 Å². The molecule has 1 aromatic rings. The third-order valence-electron chi connectivity index (χ3n) is 3.78. The Morgan fingerprint density at radius 3 is 2.65 bits per heavy atom. The van der Waals surface area contributed by atoms with Crippen LogP contribution >= 0.6 is 11.8 Å². The fraction of sp³-hybridized carbons (Fsp3) is 0.571. The van der Waals surface area contributed by atoms with E-state index in [0.29, 0.717) is 12.6 Å². The van der Waals surface area contributed by atoms with Gasteiger partial charge in [0.05, 0.1) is 0 Å². The van der Waals surface area contributed by atoms with E-state index >= 15 is 0 Å². The van der Waals surface area contributed by atoms with Crippen molar-refractivity contribution in [2.75, 3.05) is 18.2 Å². The molecule has 0 unspecified atom stereocenters. The van der Waals surface area contributed by atoms with Crippen LogP contribution < -0.4 is 10.6 Å². The van der Waals surface area contributed by atoms with Crippen molar-refractivity contribution in [3.8, 4) is 0 Å². The van der Waals surface area contributed by atoms with E-state index in [0.717, 1.165) is 0 Å². The maximum atomic E-state index is 5.92. The summed E-state index contributed by atoms with van der Waals surface area (Å²) < 4.78 is 0. The highest BCUT2D eigenvalue weighted by atomic mass is 32.2. The molecule has 0 atom stereocenters. The first-order chi connectivity index (χ1) is 8.27. The normalized spacial score (nSPS) is 16.4. The van der Waals surface area contributed by atoms with E-state index in [1.54, 1.807) is 11.8 Å². The van der Waals surface area contributed by atoms with E-state index in [1.165, 1.54) is 41.8 Å². The molecule has 17 heavy (non-hydrogen) atoms. The van der Waals surface area contributed by atoms with Gasteiger partial charge in [0.15, 0.2) is 0 Å². The highest BCUT2D eigenvalue weighted by Crippen LogP contribution is 2.33. The van der Waals surface area contributed by atoms with Crippen molar-refractivity contribution in [1.82, 2.24) is 0 Å². The highest BCUT2D eigenvalue weighted by molar-refractivity contribution is 7.98. The zero-order chi connectivity index (χ0) is 12.3. The van der Waals surface area contributed by atoms with Crippen LogP contribution in [0, 0.1) is 0 Å². The van der Waals surface area contributed by atoms with E-state index in [2.05, 4.69) is 36.4 Å². The molecule has 2 N–H and O–H groups in total. The van der Waals surface area contributed by atoms with E-state index in [-0.39, 0.29) is 0 Å². The number of benzene rings is 1. The van der Waals surface area contributed by atoms with Crippen LogP contribution in [0.1, 0.15) is 31.2 Å². The molecule has 1 aromatic carbocycles. The van der Waals surface area contributed by atoms with Crippen LogP contribution in [0.3, 0.4) is 0 Å². The predicted octanol–water partition coefficient (Wildman–Crippen LogP) is 3.25. The number of nitrogens with two attached hydrogens (primary N) is 1. The fourth-order valence-corrected chi connectivity index (χ4v) is 3.42. The lowest BCUT2D eigenvalue weighted by molar-refractivity contribution is 0.649. The van der Waals surface area contributed by atoms with Gasteiger partial charge < -0.3 is 10.6 Å². The summed E-state index contributed by atoms with van der Waals surface area (Å²) in [4.78, 5) is 3.75. The van der Waals surface area contributed by atoms with Gasteiger partial charge in [0, 0.05) is 35.8 Å². The predicted molar refractivity (Wildman–Crippen MR) is 76.8 cm³/mol. The van der Waals surface area contributed by atoms with Gasteiger partial charge in [-0.05, 0) is 31.2 Å². The smallest absolute Gasteiger partial charge is 0.0422 e. The molecule has 0 saturated heterocycles. The number of anilines is 1. The zero-order valence-electron chi connectivity index (χ0n) is 10.8. The number of hydrogen-bond donors (Lipinski definition) is 1. The third-order valence-corrected chi connectivity index (χ3v) is 4.61. The van der Waals surface area contributed by atoms with Gasteiger partial charge in [-0.3, -0.25) is 0 Å². The summed E-state index contributed by atoms with van der Waals surface area (Å²) in [7, 11) is 2.22. The first kappa shape index (κ1) is 12.8. The van der Waals surface area contributed by atoms with Crippen molar-refractivity contribution in [2.45, 2.75) is 43.2 Å². The van der Waals surface area contributed by atoms with Crippen molar-refractivity contribution >= 4 is 17.4 Å². The number of thioether (sulfide) groups is 1. The Bertz CT molecular complexity index is 372. The van der Waals surface area contributed by atoms with E-state index in [4.69, 9.17) is 5.73 Å². The molecule has 0 amide bonds. The molecular weight excluding hydrogens is 228 g/mol. The summed E-state index contributed by atoms with van der Waals surface area (Å²) in [6, 6.07) is 7.22. The molecule has 0 aromatic heterocycles. The minimum absolute atomic E-state index is 0.628. The quantitative estimate of drug-likeness (QED) is 0.832. The molecule has 1 saturated carbocycles. The van der Waals surface area contributed by atoms with Gasteiger partial charge >= 0.3 is 0 Å². The first-order valence-corrected chi connectivity index (χ1v) is 7.59.